The Bertz CT molecular complexity index is 1060. The van der Waals surface area contributed by atoms with Crippen molar-refractivity contribution in [3.63, 3.8) is 0 Å². The Kier molecular flexibility index (Phi) is 8.65. The zero-order valence-corrected chi connectivity index (χ0v) is 23.9. The highest BCUT2D eigenvalue weighted by atomic mass is 16.6. The van der Waals surface area contributed by atoms with Gasteiger partial charge in [-0.25, -0.2) is 14.4 Å². The van der Waals surface area contributed by atoms with E-state index in [1.807, 2.05) is 12.2 Å². The van der Waals surface area contributed by atoms with Gasteiger partial charge in [0.15, 0.2) is 0 Å². The van der Waals surface area contributed by atoms with Crippen LogP contribution in [-0.2, 0) is 23.9 Å². The van der Waals surface area contributed by atoms with Crippen LogP contribution in [0.5, 0.6) is 0 Å². The van der Waals surface area contributed by atoms with Crippen molar-refractivity contribution in [2.24, 2.45) is 23.5 Å². The van der Waals surface area contributed by atoms with Gasteiger partial charge in [0.05, 0.1) is 6.61 Å². The molecule has 40 heavy (non-hydrogen) atoms. The molecule has 1 saturated carbocycles. The van der Waals surface area contributed by atoms with Crippen LogP contribution in [0.2, 0.25) is 0 Å². The number of hydrogen-bond acceptors (Lipinski definition) is 7. The third kappa shape index (κ3) is 6.36. The lowest BCUT2D eigenvalue weighted by Gasteiger charge is -2.33. The molecule has 0 aromatic rings. The van der Waals surface area contributed by atoms with Crippen molar-refractivity contribution in [2.45, 2.75) is 89.4 Å². The van der Waals surface area contributed by atoms with Gasteiger partial charge in [0, 0.05) is 37.4 Å². The first-order valence-corrected chi connectivity index (χ1v) is 14.4. The number of hydrogen-bond donors (Lipinski definition) is 3. The molecule has 2 saturated heterocycles. The first-order valence-electron chi connectivity index (χ1n) is 14.4. The number of nitrogens with two attached hydrogens (primary N) is 1. The molecule has 0 spiro atoms. The minimum absolute atomic E-state index is 0.165. The predicted octanol–water partition coefficient (Wildman–Crippen LogP) is 1.68. The SMILES string of the molecule is CCOC(=O)[C@@]12C[C@@H]1/C=C\CCCCC[C@H](NC(=O)OC(C)(C)C)C(=O)N1C[C@@H]3CN(C(N)=O)C[C@@H]3[C@H]1C(=O)N2. The number of allylic oxidation sites excluding steroid dienone is 1. The largest absolute Gasteiger partial charge is 0.464 e. The molecule has 5 amide bonds. The normalized spacial score (nSPS) is 33.4. The third-order valence-electron chi connectivity index (χ3n) is 8.25. The lowest BCUT2D eigenvalue weighted by Crippen LogP contribution is -2.58. The lowest BCUT2D eigenvalue weighted by atomic mass is 9.93. The number of ether oxygens (including phenoxy) is 2. The van der Waals surface area contributed by atoms with Crippen LogP contribution in [0.3, 0.4) is 0 Å². The number of esters is 1. The third-order valence-corrected chi connectivity index (χ3v) is 8.25. The Labute approximate surface area is 235 Å². The van der Waals surface area contributed by atoms with E-state index in [2.05, 4.69) is 10.6 Å². The van der Waals surface area contributed by atoms with Crippen molar-refractivity contribution in [1.29, 1.82) is 0 Å². The average molecular weight is 562 g/mol. The smallest absolute Gasteiger partial charge is 0.408 e. The van der Waals surface area contributed by atoms with E-state index in [0.29, 0.717) is 25.8 Å². The number of alkyl carbamates (subject to hydrolysis) is 1. The number of fused-ring (bicyclic) bond motifs is 4. The summed E-state index contributed by atoms with van der Waals surface area (Å²) in [6.07, 6.45) is 7.32. The summed E-state index contributed by atoms with van der Waals surface area (Å²) in [5.41, 5.74) is 3.61. The number of urea groups is 1. The molecule has 12 nitrogen and oxygen atoms in total. The topological polar surface area (TPSA) is 160 Å². The van der Waals surface area contributed by atoms with E-state index in [1.165, 1.54) is 9.80 Å². The van der Waals surface area contributed by atoms with Gasteiger partial charge in [-0.3, -0.25) is 9.59 Å². The van der Waals surface area contributed by atoms with Crippen molar-refractivity contribution in [3.8, 4) is 0 Å². The van der Waals surface area contributed by atoms with Gasteiger partial charge in [-0.15, -0.1) is 0 Å². The second kappa shape index (κ2) is 11.7. The van der Waals surface area contributed by atoms with Crippen LogP contribution in [0.4, 0.5) is 9.59 Å². The molecule has 4 rings (SSSR count). The molecule has 6 atom stereocenters. The number of primary amides is 1. The Hall–Kier alpha value is -3.31. The summed E-state index contributed by atoms with van der Waals surface area (Å²) in [4.78, 5) is 68.7. The van der Waals surface area contributed by atoms with E-state index in [4.69, 9.17) is 15.2 Å². The quantitative estimate of drug-likeness (QED) is 0.349. The highest BCUT2D eigenvalue weighted by Crippen LogP contribution is 2.47. The molecule has 4 N–H and O–H groups in total. The average Bonchev–Trinajstić information content (AvgIpc) is 3.20. The first-order chi connectivity index (χ1) is 18.9. The molecular weight excluding hydrogens is 518 g/mol. The van der Waals surface area contributed by atoms with E-state index in [0.717, 1.165) is 19.3 Å². The molecule has 12 heteroatoms. The van der Waals surface area contributed by atoms with Crippen LogP contribution in [-0.4, -0.2) is 89.2 Å². The number of rotatable bonds is 3. The van der Waals surface area contributed by atoms with Gasteiger partial charge < -0.3 is 35.6 Å². The summed E-state index contributed by atoms with van der Waals surface area (Å²) in [6.45, 7) is 7.91. The van der Waals surface area contributed by atoms with Gasteiger partial charge in [-0.2, -0.15) is 0 Å². The monoisotopic (exact) mass is 561 g/mol. The van der Waals surface area contributed by atoms with Crippen LogP contribution in [0.25, 0.3) is 0 Å². The maximum absolute atomic E-state index is 14.0. The molecule has 3 aliphatic heterocycles. The van der Waals surface area contributed by atoms with E-state index in [-0.39, 0.29) is 43.4 Å². The van der Waals surface area contributed by atoms with Gasteiger partial charge in [-0.05, 0) is 53.4 Å². The van der Waals surface area contributed by atoms with E-state index in [1.54, 1.807) is 27.7 Å². The molecule has 3 fully saturated rings. The molecule has 0 bridgehead atoms. The van der Waals surface area contributed by atoms with Crippen molar-refractivity contribution in [3.05, 3.63) is 12.2 Å². The second-order valence-electron chi connectivity index (χ2n) is 12.4. The van der Waals surface area contributed by atoms with E-state index in [9.17, 15) is 24.0 Å². The zero-order valence-electron chi connectivity index (χ0n) is 23.9. The van der Waals surface area contributed by atoms with Gasteiger partial charge in [0.1, 0.15) is 23.2 Å². The van der Waals surface area contributed by atoms with Crippen LogP contribution in [0.1, 0.15) is 66.2 Å². The highest BCUT2D eigenvalue weighted by Gasteiger charge is 2.63. The van der Waals surface area contributed by atoms with E-state index >= 15 is 0 Å². The second-order valence-corrected chi connectivity index (χ2v) is 12.4. The fourth-order valence-corrected chi connectivity index (χ4v) is 6.25. The van der Waals surface area contributed by atoms with Crippen molar-refractivity contribution in [2.75, 3.05) is 26.2 Å². The Morgan fingerprint density at radius 3 is 2.58 bits per heavy atom. The fraction of sp³-hybridized carbons (Fsp3) is 0.750. The van der Waals surface area contributed by atoms with Gasteiger partial charge >= 0.3 is 18.1 Å². The van der Waals surface area contributed by atoms with E-state index < -0.39 is 47.2 Å². The number of likely N-dealkylation sites (tertiary alicyclic amines) is 1. The fourth-order valence-electron chi connectivity index (χ4n) is 6.25. The van der Waals surface area contributed by atoms with Crippen LogP contribution in [0.15, 0.2) is 12.2 Å². The van der Waals surface area contributed by atoms with Crippen molar-refractivity contribution < 1.29 is 33.4 Å². The predicted molar refractivity (Wildman–Crippen MR) is 145 cm³/mol. The maximum Gasteiger partial charge on any atom is 0.408 e. The number of nitrogens with one attached hydrogen (secondary N) is 2. The van der Waals surface area contributed by atoms with Gasteiger partial charge in [0.2, 0.25) is 11.8 Å². The number of amides is 5. The van der Waals surface area contributed by atoms with Crippen LogP contribution < -0.4 is 16.4 Å². The Morgan fingerprint density at radius 1 is 1.15 bits per heavy atom. The summed E-state index contributed by atoms with van der Waals surface area (Å²) >= 11 is 0. The van der Waals surface area contributed by atoms with Crippen LogP contribution in [0, 0.1) is 17.8 Å². The molecule has 222 valence electrons. The number of carbonyl (C=O) groups is 5. The molecule has 0 radical (unpaired) electrons. The molecule has 1 aliphatic carbocycles. The molecule has 3 heterocycles. The van der Waals surface area contributed by atoms with Crippen molar-refractivity contribution >= 4 is 29.9 Å². The molecule has 0 unspecified atom stereocenters. The van der Waals surface area contributed by atoms with Gasteiger partial charge in [-0.1, -0.05) is 25.0 Å². The highest BCUT2D eigenvalue weighted by molar-refractivity contribution is 5.97. The minimum atomic E-state index is -1.19. The maximum atomic E-state index is 14.0. The summed E-state index contributed by atoms with van der Waals surface area (Å²) in [6, 6.07) is -2.40. The standard InChI is InChI=1S/C28H43N5O7/c1-5-39-24(36)28-13-18(28)11-9-7-6-8-10-12-20(30-26(38)40-27(2,3)4)23(35)33-15-17-14-32(25(29)37)16-19(17)21(33)22(34)31-28/h9,11,17-21H,5-8,10,12-16H2,1-4H3,(H2,29,37)(H,30,38)(H,31,34)/b11-9-/t17-,18-,19-,20-,21-,28+/m0/s1. The van der Waals surface area contributed by atoms with Crippen LogP contribution >= 0.6 is 0 Å². The molecule has 0 aromatic heterocycles. The number of carbonyl (C=O) groups excluding carboxylic acids is 5. The summed E-state index contributed by atoms with van der Waals surface area (Å²) in [5.74, 6) is -2.07. The lowest BCUT2D eigenvalue weighted by molar-refractivity contribution is -0.150. The zero-order chi connectivity index (χ0) is 29.2. The van der Waals surface area contributed by atoms with Crippen molar-refractivity contribution in [1.82, 2.24) is 20.4 Å². The minimum Gasteiger partial charge on any atom is -0.464 e. The first kappa shape index (κ1) is 29.7. The molecule has 0 aromatic carbocycles. The molecule has 4 aliphatic rings. The summed E-state index contributed by atoms with van der Waals surface area (Å²) in [7, 11) is 0. The van der Waals surface area contributed by atoms with Gasteiger partial charge in [0.25, 0.3) is 0 Å². The molecular formula is C28H43N5O7. The summed E-state index contributed by atoms with van der Waals surface area (Å²) in [5, 5.41) is 5.69. The summed E-state index contributed by atoms with van der Waals surface area (Å²) < 4.78 is 10.8. The Morgan fingerprint density at radius 2 is 1.90 bits per heavy atom. The Balaban J connectivity index is 1.65. The number of nitrogens with zero attached hydrogens (tertiary/aromatic N) is 2.